The number of nitrogens with zero attached hydrogens (tertiary/aromatic N) is 1. The fraction of sp³-hybridized carbons (Fsp3) is 0.750. The van der Waals surface area contributed by atoms with Gasteiger partial charge in [-0.2, -0.15) is 0 Å². The van der Waals surface area contributed by atoms with Crippen LogP contribution in [0.3, 0.4) is 0 Å². The van der Waals surface area contributed by atoms with Crippen molar-refractivity contribution in [2.24, 2.45) is 0 Å². The second kappa shape index (κ2) is 5.15. The van der Waals surface area contributed by atoms with Crippen molar-refractivity contribution < 1.29 is 22.7 Å². The van der Waals surface area contributed by atoms with E-state index in [9.17, 15) is 18.0 Å². The van der Waals surface area contributed by atoms with E-state index in [0.717, 1.165) is 6.26 Å². The zero-order valence-corrected chi connectivity index (χ0v) is 9.75. The minimum atomic E-state index is -3.12. The van der Waals surface area contributed by atoms with Crippen molar-refractivity contribution in [3.8, 4) is 0 Å². The highest BCUT2D eigenvalue weighted by Crippen LogP contribution is 2.05. The molecule has 1 saturated heterocycles. The Bertz CT molecular complexity index is 378. The molecule has 1 N–H and O–H groups in total. The zero-order valence-electron chi connectivity index (χ0n) is 8.93. The smallest absolute Gasteiger partial charge is 0.408 e. The number of rotatable bonds is 5. The lowest BCUT2D eigenvalue weighted by atomic mass is 10.2. The Balaban J connectivity index is 2.09. The van der Waals surface area contributed by atoms with Gasteiger partial charge in [-0.05, 0) is 0 Å². The van der Waals surface area contributed by atoms with Crippen LogP contribution in [0.25, 0.3) is 0 Å². The molecule has 0 saturated carbocycles. The van der Waals surface area contributed by atoms with Crippen molar-refractivity contribution >= 4 is 21.8 Å². The van der Waals surface area contributed by atoms with Crippen molar-refractivity contribution in [3.05, 3.63) is 0 Å². The van der Waals surface area contributed by atoms with Crippen LogP contribution in [0.4, 0.5) is 4.79 Å². The fourth-order valence-corrected chi connectivity index (χ4v) is 1.41. The first kappa shape index (κ1) is 12.8. The number of hydrogen-bond acceptors (Lipinski definition) is 5. The van der Waals surface area contributed by atoms with Gasteiger partial charge in [0.05, 0.1) is 12.4 Å². The molecular weight excluding hydrogens is 236 g/mol. The quantitative estimate of drug-likeness (QED) is 0.628. The highest BCUT2D eigenvalue weighted by molar-refractivity contribution is 7.90. The largest absolute Gasteiger partial charge is 0.448 e. The SMILES string of the molecule is CS(=O)(=O)CCOC(=O)NCN1CCC1=O. The third-order valence-corrected chi connectivity index (χ3v) is 2.96. The van der Waals surface area contributed by atoms with Gasteiger partial charge in [-0.3, -0.25) is 4.79 Å². The number of carbonyl (C=O) groups excluding carboxylic acids is 2. The Hall–Kier alpha value is -1.31. The number of hydrogen-bond donors (Lipinski definition) is 1. The molecule has 1 heterocycles. The minimum absolute atomic E-state index is 0.0172. The van der Waals surface area contributed by atoms with Crippen LogP contribution in [0.2, 0.25) is 0 Å². The third-order valence-electron chi connectivity index (χ3n) is 2.05. The van der Waals surface area contributed by atoms with Crippen molar-refractivity contribution in [2.75, 3.05) is 31.8 Å². The fourth-order valence-electron chi connectivity index (χ4n) is 1.03. The van der Waals surface area contributed by atoms with Gasteiger partial charge in [0.25, 0.3) is 0 Å². The van der Waals surface area contributed by atoms with E-state index < -0.39 is 15.9 Å². The summed E-state index contributed by atoms with van der Waals surface area (Å²) in [6, 6.07) is 0. The number of alkyl carbamates (subject to hydrolysis) is 1. The average molecular weight is 250 g/mol. The number of nitrogens with one attached hydrogen (secondary N) is 1. The number of ether oxygens (including phenoxy) is 1. The predicted octanol–water partition coefficient (Wildman–Crippen LogP) is -1.05. The second-order valence-corrected chi connectivity index (χ2v) is 5.77. The lowest BCUT2D eigenvalue weighted by Gasteiger charge is -2.30. The second-order valence-electron chi connectivity index (χ2n) is 3.51. The van der Waals surface area contributed by atoms with Crippen LogP contribution < -0.4 is 5.32 Å². The molecule has 1 rings (SSSR count). The van der Waals surface area contributed by atoms with Crippen molar-refractivity contribution in [3.63, 3.8) is 0 Å². The molecule has 2 amide bonds. The molecule has 0 aliphatic carbocycles. The predicted molar refractivity (Wildman–Crippen MR) is 55.4 cm³/mol. The molecule has 7 nitrogen and oxygen atoms in total. The summed E-state index contributed by atoms with van der Waals surface area (Å²) in [5.74, 6) is -0.222. The van der Waals surface area contributed by atoms with Gasteiger partial charge >= 0.3 is 6.09 Å². The summed E-state index contributed by atoms with van der Waals surface area (Å²) in [4.78, 5) is 23.3. The highest BCUT2D eigenvalue weighted by atomic mass is 32.2. The minimum Gasteiger partial charge on any atom is -0.448 e. The molecule has 0 bridgehead atoms. The molecular formula is C8H14N2O5S. The standard InChI is InChI=1S/C8H14N2O5S/c1-16(13,14)5-4-15-8(12)9-6-10-3-2-7(10)11/h2-6H2,1H3,(H,9,12). The molecule has 1 aliphatic rings. The third kappa shape index (κ3) is 4.47. The molecule has 0 aromatic heterocycles. The summed E-state index contributed by atoms with van der Waals surface area (Å²) in [5, 5.41) is 2.35. The van der Waals surface area contributed by atoms with Crippen molar-refractivity contribution in [2.45, 2.75) is 6.42 Å². The monoisotopic (exact) mass is 250 g/mol. The Morgan fingerprint density at radius 1 is 1.56 bits per heavy atom. The molecule has 1 aliphatic heterocycles. The van der Waals surface area contributed by atoms with E-state index in [4.69, 9.17) is 0 Å². The van der Waals surface area contributed by atoms with Crippen LogP contribution in [-0.4, -0.2) is 57.1 Å². The van der Waals surface area contributed by atoms with E-state index in [-0.39, 0.29) is 24.9 Å². The van der Waals surface area contributed by atoms with E-state index in [2.05, 4.69) is 10.1 Å². The van der Waals surface area contributed by atoms with Crippen molar-refractivity contribution in [1.29, 1.82) is 0 Å². The molecule has 8 heteroatoms. The molecule has 1 fully saturated rings. The molecule has 0 spiro atoms. The average Bonchev–Trinajstić information content (AvgIpc) is 2.13. The van der Waals surface area contributed by atoms with E-state index in [0.29, 0.717) is 13.0 Å². The Morgan fingerprint density at radius 2 is 2.25 bits per heavy atom. The Labute approximate surface area is 93.7 Å². The first-order valence-corrected chi connectivity index (χ1v) is 6.80. The molecule has 0 aromatic carbocycles. The number of carbonyl (C=O) groups is 2. The van der Waals surface area contributed by atoms with Gasteiger partial charge in [0, 0.05) is 19.2 Å². The molecule has 92 valence electrons. The summed E-state index contributed by atoms with van der Waals surface area (Å²) in [5.41, 5.74) is 0. The summed E-state index contributed by atoms with van der Waals surface area (Å²) >= 11 is 0. The number of amides is 2. The maximum absolute atomic E-state index is 11.0. The maximum atomic E-state index is 11.0. The van der Waals surface area contributed by atoms with Crippen molar-refractivity contribution in [1.82, 2.24) is 10.2 Å². The normalized spacial score (nSPS) is 15.6. The summed E-state index contributed by atoms with van der Waals surface area (Å²) in [6.45, 7) is 0.553. The van der Waals surface area contributed by atoms with Gasteiger partial charge in [-0.1, -0.05) is 0 Å². The van der Waals surface area contributed by atoms with Gasteiger partial charge in [-0.15, -0.1) is 0 Å². The van der Waals surface area contributed by atoms with Gasteiger partial charge in [-0.25, -0.2) is 13.2 Å². The van der Waals surface area contributed by atoms with Crippen LogP contribution in [0, 0.1) is 0 Å². The van der Waals surface area contributed by atoms with Crippen LogP contribution in [0.15, 0.2) is 0 Å². The van der Waals surface area contributed by atoms with E-state index in [1.807, 2.05) is 0 Å². The first-order valence-electron chi connectivity index (χ1n) is 4.74. The number of sulfone groups is 1. The zero-order chi connectivity index (χ0) is 12.2. The first-order chi connectivity index (χ1) is 7.38. The van der Waals surface area contributed by atoms with Crippen LogP contribution in [0.5, 0.6) is 0 Å². The highest BCUT2D eigenvalue weighted by Gasteiger charge is 2.23. The van der Waals surface area contributed by atoms with Crippen LogP contribution >= 0.6 is 0 Å². The number of likely N-dealkylation sites (tertiary alicyclic amines) is 1. The molecule has 0 radical (unpaired) electrons. The number of β-lactam (4-membered cyclic amide) rings is 1. The summed E-state index contributed by atoms with van der Waals surface area (Å²) < 4.78 is 26.0. The van der Waals surface area contributed by atoms with Crippen LogP contribution in [0.1, 0.15) is 6.42 Å². The molecule has 0 unspecified atom stereocenters. The molecule has 0 aromatic rings. The molecule has 0 atom stereocenters. The van der Waals surface area contributed by atoms with Gasteiger partial charge in [0.2, 0.25) is 5.91 Å². The van der Waals surface area contributed by atoms with E-state index in [1.54, 1.807) is 0 Å². The Kier molecular flexibility index (Phi) is 4.11. The van der Waals surface area contributed by atoms with Gasteiger partial charge in [0.15, 0.2) is 9.84 Å². The summed E-state index contributed by atoms with van der Waals surface area (Å²) in [7, 11) is -3.12. The lowest BCUT2D eigenvalue weighted by Crippen LogP contribution is -2.49. The van der Waals surface area contributed by atoms with Gasteiger partial charge < -0.3 is 15.0 Å². The topological polar surface area (TPSA) is 92.8 Å². The Morgan fingerprint density at radius 3 is 2.69 bits per heavy atom. The summed E-state index contributed by atoms with van der Waals surface area (Å²) in [6.07, 6.45) is 0.848. The van der Waals surface area contributed by atoms with Crippen LogP contribution in [-0.2, 0) is 19.4 Å². The lowest BCUT2D eigenvalue weighted by molar-refractivity contribution is -0.140. The van der Waals surface area contributed by atoms with E-state index in [1.165, 1.54) is 4.90 Å². The van der Waals surface area contributed by atoms with E-state index >= 15 is 0 Å². The maximum Gasteiger partial charge on any atom is 0.408 e. The molecule has 16 heavy (non-hydrogen) atoms. The van der Waals surface area contributed by atoms with Gasteiger partial charge in [0.1, 0.15) is 6.61 Å².